The van der Waals surface area contributed by atoms with Gasteiger partial charge in [0, 0.05) is 41.7 Å². The van der Waals surface area contributed by atoms with Crippen LogP contribution in [-0.2, 0) is 6.18 Å². The first-order valence-electron chi connectivity index (χ1n) is 12.2. The summed E-state index contributed by atoms with van der Waals surface area (Å²) < 4.78 is 41.6. The van der Waals surface area contributed by atoms with Gasteiger partial charge in [-0.1, -0.05) is 0 Å². The van der Waals surface area contributed by atoms with Gasteiger partial charge in [-0.05, 0) is 93.5 Å². The Morgan fingerprint density at radius 1 is 1.06 bits per heavy atom. The maximum atomic E-state index is 13.2. The number of hydrogen-bond acceptors (Lipinski definition) is 4. The Labute approximate surface area is 197 Å². The van der Waals surface area contributed by atoms with E-state index in [1.807, 2.05) is 10.7 Å². The highest BCUT2D eigenvalue weighted by Crippen LogP contribution is 2.64. The molecule has 0 radical (unpaired) electrons. The van der Waals surface area contributed by atoms with Gasteiger partial charge in [-0.15, -0.1) is 0 Å². The topological polar surface area (TPSA) is 34.0 Å². The maximum absolute atomic E-state index is 13.2. The molecule has 2 aliphatic heterocycles. The molecule has 4 aliphatic rings. The smallest absolute Gasteiger partial charge is 0.300 e. The fourth-order valence-electron chi connectivity index (χ4n) is 6.54. The van der Waals surface area contributed by atoms with E-state index in [-0.39, 0.29) is 6.04 Å². The van der Waals surface area contributed by atoms with E-state index in [4.69, 9.17) is 5.10 Å². The van der Waals surface area contributed by atoms with Crippen LogP contribution >= 0.6 is 11.8 Å². The molecule has 2 aromatic rings. The zero-order valence-electron chi connectivity index (χ0n) is 19.2. The summed E-state index contributed by atoms with van der Waals surface area (Å²) in [6.07, 6.45) is 3.19. The molecule has 4 fully saturated rings. The van der Waals surface area contributed by atoms with E-state index in [9.17, 15) is 13.2 Å². The number of piperidine rings is 1. The largest absolute Gasteiger partial charge is 0.417 e. The van der Waals surface area contributed by atoms with Crippen LogP contribution in [0, 0.1) is 17.3 Å². The van der Waals surface area contributed by atoms with Gasteiger partial charge in [0.25, 0.3) is 0 Å². The first-order valence-corrected chi connectivity index (χ1v) is 13.3. The highest BCUT2D eigenvalue weighted by Gasteiger charge is 2.59. The molecule has 2 saturated heterocycles. The molecule has 0 amide bonds. The van der Waals surface area contributed by atoms with Crippen molar-refractivity contribution in [2.45, 2.75) is 63.7 Å². The second kappa shape index (κ2) is 7.74. The van der Waals surface area contributed by atoms with E-state index in [0.29, 0.717) is 40.5 Å². The SMILES string of the molecule is CC(C)n1nc(-c2cncc(C(F)(F)F)c2)cc1C1C2CC(N3CCC4(CC3)CSC4)CC21. The van der Waals surface area contributed by atoms with E-state index in [1.54, 1.807) is 0 Å². The maximum Gasteiger partial charge on any atom is 0.417 e. The van der Waals surface area contributed by atoms with Crippen molar-refractivity contribution in [2.24, 2.45) is 17.3 Å². The van der Waals surface area contributed by atoms with Crippen LogP contribution in [-0.4, -0.2) is 50.3 Å². The van der Waals surface area contributed by atoms with Crippen LogP contribution in [0.4, 0.5) is 13.2 Å². The first-order chi connectivity index (χ1) is 15.7. The van der Waals surface area contributed by atoms with Gasteiger partial charge in [0.05, 0.1) is 11.3 Å². The number of rotatable bonds is 4. The van der Waals surface area contributed by atoms with Crippen LogP contribution in [0.15, 0.2) is 24.5 Å². The Balaban J connectivity index is 1.17. The summed E-state index contributed by atoms with van der Waals surface area (Å²) in [7, 11) is 0. The van der Waals surface area contributed by atoms with Gasteiger partial charge in [0.15, 0.2) is 0 Å². The molecule has 2 unspecified atom stereocenters. The third kappa shape index (κ3) is 3.81. The van der Waals surface area contributed by atoms with E-state index >= 15 is 0 Å². The Morgan fingerprint density at radius 2 is 1.76 bits per heavy atom. The van der Waals surface area contributed by atoms with E-state index in [0.717, 1.165) is 12.3 Å². The lowest BCUT2D eigenvalue weighted by Crippen LogP contribution is -2.49. The third-order valence-corrected chi connectivity index (χ3v) is 10.2. The summed E-state index contributed by atoms with van der Waals surface area (Å²) in [6.45, 7) is 6.69. The number of fused-ring (bicyclic) bond motifs is 1. The lowest BCUT2D eigenvalue weighted by molar-refractivity contribution is -0.137. The zero-order valence-corrected chi connectivity index (χ0v) is 20.0. The predicted octanol–water partition coefficient (Wildman–Crippen LogP) is 5.87. The minimum atomic E-state index is -4.40. The number of halogens is 3. The summed E-state index contributed by atoms with van der Waals surface area (Å²) in [5, 5.41) is 4.73. The fourth-order valence-corrected chi connectivity index (χ4v) is 7.90. The third-order valence-electron chi connectivity index (χ3n) is 8.57. The van der Waals surface area contributed by atoms with E-state index in [1.165, 1.54) is 62.2 Å². The van der Waals surface area contributed by atoms with E-state index < -0.39 is 11.7 Å². The molecule has 2 atom stereocenters. The summed E-state index contributed by atoms with van der Waals surface area (Å²) in [5.74, 6) is 4.59. The molecule has 4 nitrogen and oxygen atoms in total. The molecule has 0 bridgehead atoms. The Morgan fingerprint density at radius 3 is 2.33 bits per heavy atom. The minimum absolute atomic E-state index is 0.170. The second-order valence-corrected chi connectivity index (χ2v) is 11.9. The van der Waals surface area contributed by atoms with Crippen molar-refractivity contribution in [1.82, 2.24) is 19.7 Å². The second-order valence-electron chi connectivity index (χ2n) is 11.0. The van der Waals surface area contributed by atoms with Gasteiger partial charge in [-0.2, -0.15) is 30.0 Å². The molecule has 2 saturated carbocycles. The Hall–Kier alpha value is -1.54. The summed E-state index contributed by atoms with van der Waals surface area (Å²) in [4.78, 5) is 6.58. The van der Waals surface area contributed by atoms with Crippen LogP contribution in [0.5, 0.6) is 0 Å². The molecule has 2 aromatic heterocycles. The number of alkyl halides is 3. The van der Waals surface area contributed by atoms with Crippen LogP contribution < -0.4 is 0 Å². The number of likely N-dealkylation sites (tertiary alicyclic amines) is 1. The number of thioether (sulfide) groups is 1. The van der Waals surface area contributed by atoms with Gasteiger partial charge in [0.1, 0.15) is 0 Å². The molecule has 6 rings (SSSR count). The lowest BCUT2D eigenvalue weighted by Gasteiger charge is -2.49. The molecule has 4 heterocycles. The number of pyridine rings is 1. The van der Waals surface area contributed by atoms with E-state index in [2.05, 4.69) is 35.5 Å². The minimum Gasteiger partial charge on any atom is -0.300 e. The van der Waals surface area contributed by atoms with Crippen molar-refractivity contribution in [3.05, 3.63) is 35.8 Å². The molecule has 178 valence electrons. The number of aromatic nitrogens is 3. The van der Waals surface area contributed by atoms with Crippen LogP contribution in [0.3, 0.4) is 0 Å². The monoisotopic (exact) mass is 476 g/mol. The molecule has 0 aromatic carbocycles. The van der Waals surface area contributed by atoms with Crippen LogP contribution in [0.25, 0.3) is 11.3 Å². The van der Waals surface area contributed by atoms with Crippen LogP contribution in [0.1, 0.15) is 62.7 Å². The quantitative estimate of drug-likeness (QED) is 0.553. The standard InChI is InChI=1S/C25H31F3N4S/c1-15(2)32-22(10-21(30-32)16-7-17(12-29-11-16)25(26,27)28)23-19-8-18(9-20(19)23)31-5-3-24(4-6-31)13-33-14-24/h7,10-12,15,18-20,23H,3-6,8-9,13-14H2,1-2H3. The molecular weight excluding hydrogens is 445 g/mol. The van der Waals surface area contributed by atoms with Crippen molar-refractivity contribution < 1.29 is 13.2 Å². The first kappa shape index (κ1) is 22.0. The van der Waals surface area contributed by atoms with Crippen molar-refractivity contribution >= 4 is 11.8 Å². The molecule has 0 N–H and O–H groups in total. The Kier molecular flexibility index (Phi) is 5.15. The van der Waals surface area contributed by atoms with Gasteiger partial charge >= 0.3 is 6.18 Å². The zero-order chi connectivity index (χ0) is 23.0. The average molecular weight is 477 g/mol. The van der Waals surface area contributed by atoms with Gasteiger partial charge in [-0.3, -0.25) is 9.67 Å². The number of hydrogen-bond donors (Lipinski definition) is 0. The van der Waals surface area contributed by atoms with Crippen molar-refractivity contribution in [1.29, 1.82) is 0 Å². The summed E-state index contributed by atoms with van der Waals surface area (Å²) in [6, 6.07) is 4.07. The molecule has 1 spiro atoms. The predicted molar refractivity (Wildman–Crippen MR) is 124 cm³/mol. The van der Waals surface area contributed by atoms with Gasteiger partial charge in [-0.25, -0.2) is 0 Å². The molecule has 33 heavy (non-hydrogen) atoms. The lowest BCUT2D eigenvalue weighted by atomic mass is 9.80. The van der Waals surface area contributed by atoms with Gasteiger partial charge < -0.3 is 4.90 Å². The van der Waals surface area contributed by atoms with Crippen molar-refractivity contribution in [3.63, 3.8) is 0 Å². The number of nitrogens with zero attached hydrogens (tertiary/aromatic N) is 4. The average Bonchev–Trinajstić information content (AvgIpc) is 3.12. The molecule has 8 heteroatoms. The molecule has 2 aliphatic carbocycles. The van der Waals surface area contributed by atoms with Crippen molar-refractivity contribution in [2.75, 3.05) is 24.6 Å². The normalized spacial score (nSPS) is 31.1. The van der Waals surface area contributed by atoms with Crippen LogP contribution in [0.2, 0.25) is 0 Å². The highest BCUT2D eigenvalue weighted by molar-refractivity contribution is 8.00. The van der Waals surface area contributed by atoms with Gasteiger partial charge in [0.2, 0.25) is 0 Å². The highest BCUT2D eigenvalue weighted by atomic mass is 32.2. The Bertz CT molecular complexity index is 1020. The summed E-state index contributed by atoms with van der Waals surface area (Å²) >= 11 is 2.10. The summed E-state index contributed by atoms with van der Waals surface area (Å²) in [5.41, 5.74) is 2.15. The van der Waals surface area contributed by atoms with Crippen molar-refractivity contribution in [3.8, 4) is 11.3 Å². The fraction of sp³-hybridized carbons (Fsp3) is 0.680. The molecular formula is C25H31F3N4S.